The SMILES string of the molecule is CCC(C)(C(=O)OC)C(C)(C)O. The normalized spacial score (nSPS) is 16.8. The van der Waals surface area contributed by atoms with E-state index in [0.29, 0.717) is 6.42 Å². The fraction of sp³-hybridized carbons (Fsp3) is 0.889. The highest BCUT2D eigenvalue weighted by molar-refractivity contribution is 5.77. The van der Waals surface area contributed by atoms with Gasteiger partial charge in [0.1, 0.15) is 0 Å². The van der Waals surface area contributed by atoms with Crippen molar-refractivity contribution in [1.82, 2.24) is 0 Å². The van der Waals surface area contributed by atoms with Crippen LogP contribution in [0.2, 0.25) is 0 Å². The summed E-state index contributed by atoms with van der Waals surface area (Å²) < 4.78 is 4.63. The van der Waals surface area contributed by atoms with Crippen LogP contribution in [0.4, 0.5) is 0 Å². The van der Waals surface area contributed by atoms with E-state index in [0.717, 1.165) is 0 Å². The van der Waals surface area contributed by atoms with Gasteiger partial charge < -0.3 is 9.84 Å². The summed E-state index contributed by atoms with van der Waals surface area (Å²) in [6.07, 6.45) is 0.559. The van der Waals surface area contributed by atoms with Crippen molar-refractivity contribution >= 4 is 5.97 Å². The van der Waals surface area contributed by atoms with Gasteiger partial charge in [0.15, 0.2) is 0 Å². The van der Waals surface area contributed by atoms with E-state index in [1.165, 1.54) is 7.11 Å². The van der Waals surface area contributed by atoms with Crippen LogP contribution in [0.25, 0.3) is 0 Å². The summed E-state index contributed by atoms with van der Waals surface area (Å²) in [5.74, 6) is -0.363. The zero-order valence-corrected chi connectivity index (χ0v) is 8.47. The third kappa shape index (κ3) is 1.78. The van der Waals surface area contributed by atoms with Gasteiger partial charge in [-0.25, -0.2) is 0 Å². The molecule has 0 bridgehead atoms. The van der Waals surface area contributed by atoms with Gasteiger partial charge in [-0.2, -0.15) is 0 Å². The molecule has 1 atom stereocenters. The van der Waals surface area contributed by atoms with Crippen LogP contribution >= 0.6 is 0 Å². The Bertz CT molecular complexity index is 169. The van der Waals surface area contributed by atoms with E-state index < -0.39 is 11.0 Å². The molecular weight excluding hydrogens is 156 g/mol. The fourth-order valence-electron chi connectivity index (χ4n) is 1.05. The fourth-order valence-corrected chi connectivity index (χ4v) is 1.05. The zero-order chi connectivity index (χ0) is 9.99. The van der Waals surface area contributed by atoms with Gasteiger partial charge in [0.2, 0.25) is 0 Å². The number of carbonyl (C=O) groups excluding carboxylic acids is 1. The van der Waals surface area contributed by atoms with E-state index >= 15 is 0 Å². The molecule has 0 heterocycles. The molecule has 0 saturated heterocycles. The Labute approximate surface area is 73.7 Å². The second-order valence-corrected chi connectivity index (χ2v) is 3.74. The lowest BCUT2D eigenvalue weighted by atomic mass is 9.73. The Balaban J connectivity index is 4.80. The van der Waals surface area contributed by atoms with E-state index in [1.54, 1.807) is 20.8 Å². The molecule has 12 heavy (non-hydrogen) atoms. The number of carbonyl (C=O) groups is 1. The maximum atomic E-state index is 11.3. The smallest absolute Gasteiger partial charge is 0.314 e. The highest BCUT2D eigenvalue weighted by Crippen LogP contribution is 2.35. The summed E-state index contributed by atoms with van der Waals surface area (Å²) in [5, 5.41) is 9.74. The van der Waals surface area contributed by atoms with Crippen molar-refractivity contribution in [3.05, 3.63) is 0 Å². The van der Waals surface area contributed by atoms with Crippen molar-refractivity contribution in [2.45, 2.75) is 39.7 Å². The number of hydrogen-bond acceptors (Lipinski definition) is 3. The predicted molar refractivity (Wildman–Crippen MR) is 46.7 cm³/mol. The largest absolute Gasteiger partial charge is 0.469 e. The predicted octanol–water partition coefficient (Wildman–Crippen LogP) is 1.35. The lowest BCUT2D eigenvalue weighted by molar-refractivity contribution is -0.167. The summed E-state index contributed by atoms with van der Waals surface area (Å²) in [5.41, 5.74) is -1.86. The molecule has 0 rings (SSSR count). The maximum absolute atomic E-state index is 11.3. The molecule has 1 N–H and O–H groups in total. The van der Waals surface area contributed by atoms with Crippen LogP contribution in [0.5, 0.6) is 0 Å². The van der Waals surface area contributed by atoms with Crippen molar-refractivity contribution in [3.63, 3.8) is 0 Å². The lowest BCUT2D eigenvalue weighted by Gasteiger charge is -2.36. The second kappa shape index (κ2) is 3.44. The number of esters is 1. The Morgan fingerprint density at radius 1 is 1.42 bits per heavy atom. The standard InChI is InChI=1S/C9H18O3/c1-6-9(4,7(10)12-5)8(2,3)11/h11H,6H2,1-5H3. The molecule has 0 spiro atoms. The first-order valence-corrected chi connectivity index (χ1v) is 4.10. The van der Waals surface area contributed by atoms with Crippen LogP contribution in [0.1, 0.15) is 34.1 Å². The first kappa shape index (κ1) is 11.4. The van der Waals surface area contributed by atoms with E-state index in [-0.39, 0.29) is 5.97 Å². The van der Waals surface area contributed by atoms with Gasteiger partial charge >= 0.3 is 5.97 Å². The van der Waals surface area contributed by atoms with E-state index in [2.05, 4.69) is 4.74 Å². The van der Waals surface area contributed by atoms with Crippen molar-refractivity contribution in [3.8, 4) is 0 Å². The minimum absolute atomic E-state index is 0.363. The molecule has 0 aliphatic carbocycles. The Morgan fingerprint density at radius 2 is 1.83 bits per heavy atom. The quantitative estimate of drug-likeness (QED) is 0.657. The molecule has 1 unspecified atom stereocenters. The summed E-state index contributed by atoms with van der Waals surface area (Å²) in [6.45, 7) is 6.80. The van der Waals surface area contributed by atoms with Crippen LogP contribution in [0, 0.1) is 5.41 Å². The summed E-state index contributed by atoms with van der Waals surface area (Å²) in [6, 6.07) is 0. The van der Waals surface area contributed by atoms with E-state index in [9.17, 15) is 9.90 Å². The molecule has 0 aliphatic heterocycles. The topological polar surface area (TPSA) is 46.5 Å². The van der Waals surface area contributed by atoms with Gasteiger partial charge in [0, 0.05) is 0 Å². The molecule has 0 saturated carbocycles. The molecule has 0 aromatic rings. The molecule has 3 heteroatoms. The maximum Gasteiger partial charge on any atom is 0.314 e. The number of aliphatic hydroxyl groups is 1. The lowest BCUT2D eigenvalue weighted by Crippen LogP contribution is -2.47. The van der Waals surface area contributed by atoms with E-state index in [4.69, 9.17) is 0 Å². The number of hydrogen-bond donors (Lipinski definition) is 1. The molecule has 0 aromatic carbocycles. The van der Waals surface area contributed by atoms with Gasteiger partial charge in [0.05, 0.1) is 18.1 Å². The van der Waals surface area contributed by atoms with Gasteiger partial charge in [-0.1, -0.05) is 6.92 Å². The number of rotatable bonds is 3. The minimum atomic E-state index is -1.05. The zero-order valence-electron chi connectivity index (χ0n) is 8.47. The summed E-state index contributed by atoms with van der Waals surface area (Å²) >= 11 is 0. The van der Waals surface area contributed by atoms with Crippen molar-refractivity contribution in [1.29, 1.82) is 0 Å². The average Bonchev–Trinajstić information content (AvgIpc) is 1.99. The highest BCUT2D eigenvalue weighted by atomic mass is 16.5. The summed E-state index contributed by atoms with van der Waals surface area (Å²) in [7, 11) is 1.34. The van der Waals surface area contributed by atoms with Crippen molar-refractivity contribution < 1.29 is 14.6 Å². The first-order valence-electron chi connectivity index (χ1n) is 4.10. The van der Waals surface area contributed by atoms with Crippen LogP contribution in [-0.4, -0.2) is 23.8 Å². The Kier molecular flexibility index (Phi) is 3.27. The van der Waals surface area contributed by atoms with Crippen LogP contribution in [-0.2, 0) is 9.53 Å². The van der Waals surface area contributed by atoms with Gasteiger partial charge in [0.25, 0.3) is 0 Å². The van der Waals surface area contributed by atoms with Crippen LogP contribution in [0.15, 0.2) is 0 Å². The molecule has 0 fully saturated rings. The van der Waals surface area contributed by atoms with Crippen molar-refractivity contribution in [2.24, 2.45) is 5.41 Å². The average molecular weight is 174 g/mol. The van der Waals surface area contributed by atoms with Crippen molar-refractivity contribution in [2.75, 3.05) is 7.11 Å². The van der Waals surface area contributed by atoms with Crippen LogP contribution < -0.4 is 0 Å². The monoisotopic (exact) mass is 174 g/mol. The van der Waals surface area contributed by atoms with Gasteiger partial charge in [-0.3, -0.25) is 4.79 Å². The second-order valence-electron chi connectivity index (χ2n) is 3.74. The molecule has 0 radical (unpaired) electrons. The number of methoxy groups -OCH3 is 1. The summed E-state index contributed by atoms with van der Waals surface area (Å²) in [4.78, 5) is 11.3. The molecule has 3 nitrogen and oxygen atoms in total. The van der Waals surface area contributed by atoms with Crippen LogP contribution in [0.3, 0.4) is 0 Å². The molecular formula is C9H18O3. The van der Waals surface area contributed by atoms with E-state index in [1.807, 2.05) is 6.92 Å². The van der Waals surface area contributed by atoms with Gasteiger partial charge in [-0.05, 0) is 27.2 Å². The third-order valence-corrected chi connectivity index (χ3v) is 2.69. The first-order chi connectivity index (χ1) is 5.29. The third-order valence-electron chi connectivity index (χ3n) is 2.69. The molecule has 0 aliphatic rings. The Morgan fingerprint density at radius 3 is 1.92 bits per heavy atom. The minimum Gasteiger partial charge on any atom is -0.469 e. The molecule has 0 amide bonds. The Hall–Kier alpha value is -0.570. The highest BCUT2D eigenvalue weighted by Gasteiger charge is 2.45. The van der Waals surface area contributed by atoms with Gasteiger partial charge in [-0.15, -0.1) is 0 Å². The number of ether oxygens (including phenoxy) is 1. The molecule has 72 valence electrons. The molecule has 0 aromatic heterocycles.